The monoisotopic (exact) mass is 293 g/mol. The van der Waals surface area contributed by atoms with Crippen LogP contribution in [0.2, 0.25) is 0 Å². The molecule has 2 nitrogen and oxygen atoms in total. The maximum Gasteiger partial charge on any atom is 0.131 e. The van der Waals surface area contributed by atoms with Gasteiger partial charge in [0.25, 0.3) is 0 Å². The van der Waals surface area contributed by atoms with Gasteiger partial charge in [-0.15, -0.1) is 0 Å². The van der Waals surface area contributed by atoms with E-state index in [2.05, 4.69) is 12.2 Å². The van der Waals surface area contributed by atoms with Crippen molar-refractivity contribution < 1.29 is 9.13 Å². The van der Waals surface area contributed by atoms with E-state index >= 15 is 0 Å². The molecule has 1 aromatic rings. The van der Waals surface area contributed by atoms with Crippen LogP contribution < -0.4 is 10.1 Å². The lowest BCUT2D eigenvalue weighted by Gasteiger charge is -2.28. The van der Waals surface area contributed by atoms with Crippen LogP contribution in [0.4, 0.5) is 4.39 Å². The summed E-state index contributed by atoms with van der Waals surface area (Å²) in [4.78, 5) is 0. The molecule has 1 aromatic carbocycles. The summed E-state index contributed by atoms with van der Waals surface area (Å²) in [5.41, 5.74) is 0.707. The van der Waals surface area contributed by atoms with Gasteiger partial charge in [-0.25, -0.2) is 4.39 Å². The van der Waals surface area contributed by atoms with E-state index < -0.39 is 0 Å². The lowest BCUT2D eigenvalue weighted by molar-refractivity contribution is 0.291. The Morgan fingerprint density at radius 3 is 2.71 bits per heavy atom. The third kappa shape index (κ3) is 4.44. The van der Waals surface area contributed by atoms with Gasteiger partial charge in [0.2, 0.25) is 0 Å². The molecule has 0 aliphatic heterocycles. The zero-order valence-electron chi connectivity index (χ0n) is 13.3. The summed E-state index contributed by atoms with van der Waals surface area (Å²) in [6, 6.07) is 5.18. The van der Waals surface area contributed by atoms with Crippen molar-refractivity contribution in [1.29, 1.82) is 0 Å². The minimum Gasteiger partial charge on any atom is -0.496 e. The van der Waals surface area contributed by atoms with Crippen LogP contribution in [-0.4, -0.2) is 13.7 Å². The highest BCUT2D eigenvalue weighted by Gasteiger charge is 2.24. The first kappa shape index (κ1) is 16.3. The zero-order valence-corrected chi connectivity index (χ0v) is 13.3. The number of benzene rings is 1. The zero-order chi connectivity index (χ0) is 15.1. The van der Waals surface area contributed by atoms with E-state index in [1.54, 1.807) is 19.2 Å². The van der Waals surface area contributed by atoms with Crippen LogP contribution in [0.15, 0.2) is 18.2 Å². The molecule has 1 saturated carbocycles. The Labute approximate surface area is 128 Å². The summed E-state index contributed by atoms with van der Waals surface area (Å²) in [7, 11) is 1.62. The minimum absolute atomic E-state index is 0.0594. The minimum atomic E-state index is -0.154. The normalized spacial score (nSPS) is 17.7. The fourth-order valence-electron chi connectivity index (χ4n) is 3.41. The molecule has 2 rings (SSSR count). The number of halogens is 1. The highest BCUT2D eigenvalue weighted by molar-refractivity contribution is 5.37. The maximum atomic E-state index is 14.3. The topological polar surface area (TPSA) is 21.3 Å². The Balaban J connectivity index is 2.18. The Hall–Kier alpha value is -1.09. The fraction of sp³-hybridized carbons (Fsp3) is 0.667. The molecule has 0 radical (unpaired) electrons. The molecule has 3 heteroatoms. The predicted octanol–water partition coefficient (Wildman–Crippen LogP) is 4.85. The van der Waals surface area contributed by atoms with E-state index in [0.29, 0.717) is 17.2 Å². The van der Waals surface area contributed by atoms with Crippen LogP contribution in [0.1, 0.15) is 63.5 Å². The van der Waals surface area contributed by atoms with Gasteiger partial charge in [0.05, 0.1) is 7.11 Å². The van der Waals surface area contributed by atoms with Gasteiger partial charge in [0.1, 0.15) is 11.6 Å². The molecule has 0 amide bonds. The molecule has 0 aromatic heterocycles. The molecule has 1 aliphatic rings. The van der Waals surface area contributed by atoms with Crippen molar-refractivity contribution in [2.45, 2.75) is 57.9 Å². The van der Waals surface area contributed by atoms with E-state index in [1.165, 1.54) is 32.1 Å². The van der Waals surface area contributed by atoms with Crippen molar-refractivity contribution in [1.82, 2.24) is 5.32 Å². The molecule has 0 saturated heterocycles. The highest BCUT2D eigenvalue weighted by atomic mass is 19.1. The summed E-state index contributed by atoms with van der Waals surface area (Å²) in [5.74, 6) is 1.22. The first-order valence-corrected chi connectivity index (χ1v) is 8.32. The van der Waals surface area contributed by atoms with Crippen LogP contribution in [0, 0.1) is 11.7 Å². The van der Waals surface area contributed by atoms with E-state index in [9.17, 15) is 4.39 Å². The van der Waals surface area contributed by atoms with Crippen LogP contribution in [0.25, 0.3) is 0 Å². The Kier molecular flexibility index (Phi) is 6.50. The average Bonchev–Trinajstić information content (AvgIpc) is 2.52. The second kappa shape index (κ2) is 8.38. The van der Waals surface area contributed by atoms with Gasteiger partial charge in [-0.2, -0.15) is 0 Å². The van der Waals surface area contributed by atoms with Crippen molar-refractivity contribution in [3.8, 4) is 5.75 Å². The summed E-state index contributed by atoms with van der Waals surface area (Å²) in [5, 5.41) is 3.53. The van der Waals surface area contributed by atoms with Crippen LogP contribution in [-0.2, 0) is 0 Å². The van der Waals surface area contributed by atoms with E-state index in [1.807, 2.05) is 6.07 Å². The summed E-state index contributed by atoms with van der Waals surface area (Å²) >= 11 is 0. The predicted molar refractivity (Wildman–Crippen MR) is 85.2 cm³/mol. The van der Waals surface area contributed by atoms with Crippen LogP contribution >= 0.6 is 0 Å². The van der Waals surface area contributed by atoms with Crippen molar-refractivity contribution in [3.05, 3.63) is 29.6 Å². The average molecular weight is 293 g/mol. The van der Waals surface area contributed by atoms with E-state index in [4.69, 9.17) is 4.74 Å². The third-order valence-electron chi connectivity index (χ3n) is 4.52. The summed E-state index contributed by atoms with van der Waals surface area (Å²) in [6.07, 6.45) is 8.61. The van der Waals surface area contributed by atoms with Gasteiger partial charge >= 0.3 is 0 Å². The fourth-order valence-corrected chi connectivity index (χ4v) is 3.41. The molecule has 0 spiro atoms. The molecular weight excluding hydrogens is 265 g/mol. The molecule has 0 bridgehead atoms. The molecule has 118 valence electrons. The number of ether oxygens (including phenoxy) is 1. The second-order valence-electron chi connectivity index (χ2n) is 6.10. The third-order valence-corrected chi connectivity index (χ3v) is 4.52. The maximum absolute atomic E-state index is 14.3. The van der Waals surface area contributed by atoms with Crippen molar-refractivity contribution in [2.75, 3.05) is 13.7 Å². The quantitative estimate of drug-likeness (QED) is 0.776. The lowest BCUT2D eigenvalue weighted by atomic mass is 9.83. The number of hydrogen-bond donors (Lipinski definition) is 1. The standard InChI is InChI=1S/C18H28FNO/c1-3-12-20-16(13-14-8-5-4-6-9-14)18-15(19)10-7-11-17(18)21-2/h7,10-11,14,16,20H,3-6,8-9,12-13H2,1-2H3. The second-order valence-corrected chi connectivity index (χ2v) is 6.10. The molecule has 21 heavy (non-hydrogen) atoms. The van der Waals surface area contributed by atoms with Gasteiger partial charge in [-0.3, -0.25) is 0 Å². The van der Waals surface area contributed by atoms with E-state index in [-0.39, 0.29) is 11.9 Å². The van der Waals surface area contributed by atoms with E-state index in [0.717, 1.165) is 19.4 Å². The van der Waals surface area contributed by atoms with Gasteiger partial charge < -0.3 is 10.1 Å². The molecule has 1 atom stereocenters. The number of rotatable bonds is 7. The van der Waals surface area contributed by atoms with Crippen LogP contribution in [0.5, 0.6) is 5.75 Å². The van der Waals surface area contributed by atoms with Crippen molar-refractivity contribution in [3.63, 3.8) is 0 Å². The summed E-state index contributed by atoms with van der Waals surface area (Å²) in [6.45, 7) is 3.05. The largest absolute Gasteiger partial charge is 0.496 e. The molecule has 1 aliphatic carbocycles. The van der Waals surface area contributed by atoms with Gasteiger partial charge in [0, 0.05) is 11.6 Å². The Bertz CT molecular complexity index is 429. The SMILES string of the molecule is CCCNC(CC1CCCCC1)c1c(F)cccc1OC. The number of nitrogens with one attached hydrogen (secondary N) is 1. The number of methoxy groups -OCH3 is 1. The highest BCUT2D eigenvalue weighted by Crippen LogP contribution is 2.36. The first-order chi connectivity index (χ1) is 10.3. The van der Waals surface area contributed by atoms with Gasteiger partial charge in [-0.05, 0) is 37.4 Å². The van der Waals surface area contributed by atoms with Gasteiger partial charge in [0.15, 0.2) is 0 Å². The summed E-state index contributed by atoms with van der Waals surface area (Å²) < 4.78 is 19.7. The smallest absolute Gasteiger partial charge is 0.131 e. The molecular formula is C18H28FNO. The van der Waals surface area contributed by atoms with Gasteiger partial charge in [-0.1, -0.05) is 45.1 Å². The molecule has 1 fully saturated rings. The molecule has 1 unspecified atom stereocenters. The Morgan fingerprint density at radius 2 is 2.05 bits per heavy atom. The Morgan fingerprint density at radius 1 is 1.29 bits per heavy atom. The van der Waals surface area contributed by atoms with Crippen LogP contribution in [0.3, 0.4) is 0 Å². The first-order valence-electron chi connectivity index (χ1n) is 8.32. The van der Waals surface area contributed by atoms with Crippen molar-refractivity contribution >= 4 is 0 Å². The molecule has 1 N–H and O–H groups in total. The number of hydrogen-bond acceptors (Lipinski definition) is 2. The molecule has 0 heterocycles. The van der Waals surface area contributed by atoms with Crippen molar-refractivity contribution in [2.24, 2.45) is 5.92 Å². The lowest BCUT2D eigenvalue weighted by Crippen LogP contribution is -2.26.